The number of fused-ring (bicyclic) bond motifs is 5. The third kappa shape index (κ3) is 5.50. The van der Waals surface area contributed by atoms with E-state index in [9.17, 15) is 18.0 Å². The molecule has 0 saturated carbocycles. The lowest BCUT2D eigenvalue weighted by Crippen LogP contribution is -2.60. The van der Waals surface area contributed by atoms with E-state index >= 15 is 0 Å². The molecular formula is C30H34N6O5S. The molecule has 220 valence electrons. The zero-order valence-corrected chi connectivity index (χ0v) is 24.6. The molecule has 3 amide bonds. The fourth-order valence-electron chi connectivity index (χ4n) is 5.94. The van der Waals surface area contributed by atoms with Crippen molar-refractivity contribution in [2.45, 2.75) is 44.0 Å². The van der Waals surface area contributed by atoms with Crippen LogP contribution in [0.15, 0.2) is 53.4 Å². The van der Waals surface area contributed by atoms with Crippen molar-refractivity contribution in [1.82, 2.24) is 24.7 Å². The molecule has 1 N–H and O–H groups in total. The van der Waals surface area contributed by atoms with Crippen molar-refractivity contribution in [3.8, 4) is 17.1 Å². The zero-order valence-electron chi connectivity index (χ0n) is 23.7. The van der Waals surface area contributed by atoms with Gasteiger partial charge >= 0.3 is 6.03 Å². The number of rotatable bonds is 1. The minimum atomic E-state index is -4.12. The summed E-state index contributed by atoms with van der Waals surface area (Å²) in [5.74, 6) is -0.291. The normalized spacial score (nSPS) is 20.3. The highest BCUT2D eigenvalue weighted by molar-refractivity contribution is 7.92. The van der Waals surface area contributed by atoms with Gasteiger partial charge in [-0.1, -0.05) is 24.3 Å². The molecule has 42 heavy (non-hydrogen) atoms. The van der Waals surface area contributed by atoms with Crippen LogP contribution in [-0.4, -0.2) is 90.4 Å². The second kappa shape index (κ2) is 11.2. The van der Waals surface area contributed by atoms with Crippen molar-refractivity contribution in [3.63, 3.8) is 0 Å². The third-order valence-corrected chi connectivity index (χ3v) is 9.45. The lowest BCUT2D eigenvalue weighted by Gasteiger charge is -2.43. The lowest BCUT2D eigenvalue weighted by atomic mass is 10.00. The van der Waals surface area contributed by atoms with Crippen LogP contribution in [0.5, 0.6) is 5.88 Å². The molecule has 3 aliphatic rings. The number of amides is 3. The number of sulfonamides is 1. The summed E-state index contributed by atoms with van der Waals surface area (Å²) in [6.07, 6.45) is 3.10. The van der Waals surface area contributed by atoms with E-state index in [1.54, 1.807) is 28.0 Å². The summed E-state index contributed by atoms with van der Waals surface area (Å²) in [6, 6.07) is 13.0. The Morgan fingerprint density at radius 3 is 2.43 bits per heavy atom. The van der Waals surface area contributed by atoms with Crippen LogP contribution in [0.1, 0.15) is 40.7 Å². The topological polar surface area (TPSA) is 125 Å². The Balaban J connectivity index is 1.40. The van der Waals surface area contributed by atoms with E-state index in [1.807, 2.05) is 36.9 Å². The number of anilines is 1. The minimum Gasteiger partial charge on any atom is -0.475 e. The Kier molecular flexibility index (Phi) is 7.48. The highest BCUT2D eigenvalue weighted by Crippen LogP contribution is 2.30. The maximum Gasteiger partial charge on any atom is 0.320 e. The molecule has 2 aromatic carbocycles. The fraction of sp³-hybridized carbons (Fsp3) is 0.400. The summed E-state index contributed by atoms with van der Waals surface area (Å²) < 4.78 is 35.5. The number of carbonyl (C=O) groups is 2. The molecule has 0 spiro atoms. The smallest absolute Gasteiger partial charge is 0.320 e. The highest BCUT2D eigenvalue weighted by Gasteiger charge is 2.36. The van der Waals surface area contributed by atoms with Gasteiger partial charge in [-0.3, -0.25) is 4.79 Å². The predicted octanol–water partition coefficient (Wildman–Crippen LogP) is 3.69. The van der Waals surface area contributed by atoms with Gasteiger partial charge in [-0.05, 0) is 62.4 Å². The van der Waals surface area contributed by atoms with Crippen molar-refractivity contribution in [2.75, 3.05) is 44.1 Å². The SMILES string of the molecule is Cc1cccc(C)c1-c1cc2nc(n1)NS(=O)(=O)c1cccc(c1)C(=O)N1CCN(C(=O)N3CCCCC3)C[C@@H]1CO2. The predicted molar refractivity (Wildman–Crippen MR) is 157 cm³/mol. The monoisotopic (exact) mass is 590 g/mol. The van der Waals surface area contributed by atoms with E-state index in [4.69, 9.17) is 4.74 Å². The van der Waals surface area contributed by atoms with Crippen LogP contribution in [0.2, 0.25) is 0 Å². The number of piperidine rings is 1. The molecule has 0 aliphatic carbocycles. The van der Waals surface area contributed by atoms with Gasteiger partial charge in [0.25, 0.3) is 15.9 Å². The quantitative estimate of drug-likeness (QED) is 0.458. The van der Waals surface area contributed by atoms with Crippen molar-refractivity contribution < 1.29 is 22.7 Å². The van der Waals surface area contributed by atoms with Crippen LogP contribution in [0.4, 0.5) is 10.7 Å². The molecule has 1 aromatic heterocycles. The Bertz CT molecular complexity index is 1620. The van der Waals surface area contributed by atoms with Crippen molar-refractivity contribution >= 4 is 27.9 Å². The Labute approximate surface area is 245 Å². The summed E-state index contributed by atoms with van der Waals surface area (Å²) >= 11 is 0. The van der Waals surface area contributed by atoms with Crippen LogP contribution in [0, 0.1) is 13.8 Å². The van der Waals surface area contributed by atoms with E-state index in [2.05, 4.69) is 14.7 Å². The molecule has 6 rings (SSSR count). The average molecular weight is 591 g/mol. The number of nitrogens with zero attached hydrogens (tertiary/aromatic N) is 5. The molecule has 1 atom stereocenters. The van der Waals surface area contributed by atoms with Crippen LogP contribution >= 0.6 is 0 Å². The first kappa shape index (κ1) is 28.0. The van der Waals surface area contributed by atoms with Gasteiger partial charge in [-0.25, -0.2) is 22.9 Å². The van der Waals surface area contributed by atoms with E-state index < -0.39 is 16.1 Å². The molecular weight excluding hydrogens is 556 g/mol. The third-order valence-electron chi connectivity index (χ3n) is 8.12. The lowest BCUT2D eigenvalue weighted by molar-refractivity contribution is 0.0349. The molecule has 11 nitrogen and oxygen atoms in total. The van der Waals surface area contributed by atoms with Gasteiger partial charge < -0.3 is 19.4 Å². The van der Waals surface area contributed by atoms with Gasteiger partial charge in [0.1, 0.15) is 6.61 Å². The molecule has 0 radical (unpaired) electrons. The van der Waals surface area contributed by atoms with E-state index in [0.29, 0.717) is 25.3 Å². The van der Waals surface area contributed by atoms with Gasteiger partial charge in [0, 0.05) is 49.9 Å². The number of nitrogens with one attached hydrogen (secondary N) is 1. The summed E-state index contributed by atoms with van der Waals surface area (Å²) in [6.45, 7) is 6.42. The number of aryl methyl sites for hydroxylation is 2. The first-order chi connectivity index (χ1) is 20.2. The van der Waals surface area contributed by atoms with Crippen molar-refractivity contribution in [2.24, 2.45) is 0 Å². The van der Waals surface area contributed by atoms with Crippen LogP contribution in [0.25, 0.3) is 11.3 Å². The number of carbonyl (C=O) groups excluding carboxylic acids is 2. The van der Waals surface area contributed by atoms with E-state index in [-0.39, 0.29) is 40.8 Å². The highest BCUT2D eigenvalue weighted by atomic mass is 32.2. The number of benzene rings is 2. The summed E-state index contributed by atoms with van der Waals surface area (Å²) in [4.78, 5) is 41.3. The summed E-state index contributed by atoms with van der Waals surface area (Å²) in [5.41, 5.74) is 3.53. The Morgan fingerprint density at radius 2 is 1.67 bits per heavy atom. The number of urea groups is 1. The molecule has 4 bridgehead atoms. The summed E-state index contributed by atoms with van der Waals surface area (Å²) in [7, 11) is -4.12. The van der Waals surface area contributed by atoms with Crippen LogP contribution in [-0.2, 0) is 10.0 Å². The largest absolute Gasteiger partial charge is 0.475 e. The molecule has 3 aliphatic heterocycles. The van der Waals surface area contributed by atoms with Gasteiger partial charge in [0.15, 0.2) is 0 Å². The first-order valence-corrected chi connectivity index (χ1v) is 15.7. The van der Waals surface area contributed by atoms with Gasteiger partial charge in [-0.15, -0.1) is 0 Å². The minimum absolute atomic E-state index is 0.0244. The number of hydrogen-bond acceptors (Lipinski definition) is 7. The number of ether oxygens (including phenoxy) is 1. The molecule has 0 unspecified atom stereocenters. The Morgan fingerprint density at radius 1 is 0.929 bits per heavy atom. The number of piperazine rings is 1. The Hall–Kier alpha value is -4.19. The molecule has 12 heteroatoms. The average Bonchev–Trinajstić information content (AvgIpc) is 2.99. The van der Waals surface area contributed by atoms with E-state index in [0.717, 1.165) is 49.0 Å². The fourth-order valence-corrected chi connectivity index (χ4v) is 6.93. The van der Waals surface area contributed by atoms with Crippen molar-refractivity contribution in [1.29, 1.82) is 0 Å². The maximum absolute atomic E-state index is 13.7. The number of aromatic nitrogens is 2. The molecule has 4 heterocycles. The standard InChI is InChI=1S/C30H34N6O5S/c1-20-8-6-9-21(2)27(20)25-17-26-32-29(31-25)33-42(39,40)24-11-7-10-22(16-24)28(37)36-15-14-35(18-23(36)19-41-26)30(38)34-12-4-3-5-13-34/h6-11,16-17,23H,3-5,12-15,18-19H2,1-2H3,(H,31,32,33)/t23-/m1/s1. The molecule has 2 saturated heterocycles. The van der Waals surface area contributed by atoms with Gasteiger partial charge in [-0.2, -0.15) is 4.98 Å². The second-order valence-corrected chi connectivity index (χ2v) is 12.7. The number of hydrogen-bond donors (Lipinski definition) is 1. The summed E-state index contributed by atoms with van der Waals surface area (Å²) in [5, 5.41) is 0. The molecule has 2 fully saturated rings. The van der Waals surface area contributed by atoms with Crippen LogP contribution in [0.3, 0.4) is 0 Å². The van der Waals surface area contributed by atoms with Crippen LogP contribution < -0.4 is 9.46 Å². The second-order valence-electron chi connectivity index (χ2n) is 11.1. The van der Waals surface area contributed by atoms with Gasteiger partial charge in [0.2, 0.25) is 11.8 Å². The van der Waals surface area contributed by atoms with Gasteiger partial charge in [0.05, 0.1) is 16.6 Å². The zero-order chi connectivity index (χ0) is 29.4. The van der Waals surface area contributed by atoms with E-state index in [1.165, 1.54) is 12.1 Å². The van der Waals surface area contributed by atoms with Crippen molar-refractivity contribution in [3.05, 3.63) is 65.2 Å². The maximum atomic E-state index is 13.7. The molecule has 3 aromatic rings. The first-order valence-electron chi connectivity index (χ1n) is 14.3. The number of likely N-dealkylation sites (tertiary alicyclic amines) is 1.